The fraction of sp³-hybridized carbons (Fsp3) is 0. The molecule has 4 rings (SSSR count). The molecule has 2 heterocycles. The summed E-state index contributed by atoms with van der Waals surface area (Å²) in [6, 6.07) is 21.2. The van der Waals surface area contributed by atoms with Crippen molar-refractivity contribution in [3.8, 4) is 11.1 Å². The Kier molecular flexibility index (Phi) is 4.90. The molecular weight excluding hydrogens is 395 g/mol. The number of anilines is 1. The molecule has 1 N–H and O–H groups in total. The number of hydrogen-bond acceptors (Lipinski definition) is 2. The van der Waals surface area contributed by atoms with E-state index in [0.717, 1.165) is 11.1 Å². The summed E-state index contributed by atoms with van der Waals surface area (Å²) < 4.78 is 1.72. The molecule has 0 radical (unpaired) electrons. The number of amides is 1. The summed E-state index contributed by atoms with van der Waals surface area (Å²) in [4.78, 5) is 25.7. The van der Waals surface area contributed by atoms with Crippen molar-refractivity contribution < 1.29 is 9.59 Å². The molecule has 0 spiro atoms. The van der Waals surface area contributed by atoms with E-state index in [1.807, 2.05) is 36.4 Å². The van der Waals surface area contributed by atoms with Gasteiger partial charge in [-0.1, -0.05) is 41.4 Å². The van der Waals surface area contributed by atoms with Crippen molar-refractivity contribution in [2.24, 2.45) is 0 Å². The number of carbonyl (C=O) groups excluding carboxylic acids is 2. The molecule has 0 unspecified atom stereocenters. The van der Waals surface area contributed by atoms with Crippen LogP contribution in [0.1, 0.15) is 10.5 Å². The third-order valence-electron chi connectivity index (χ3n) is 4.36. The SMILES string of the molecule is O=C(Nc1ccc(Cl)cc1)C(=O)c1c(-c2ccc(Cl)cc2)cc2ccccn12. The number of aromatic nitrogens is 1. The molecule has 4 nitrogen and oxygen atoms in total. The van der Waals surface area contributed by atoms with Gasteiger partial charge < -0.3 is 9.72 Å². The molecule has 0 saturated carbocycles. The Morgan fingerprint density at radius 3 is 2.14 bits per heavy atom. The first-order valence-electron chi connectivity index (χ1n) is 8.50. The van der Waals surface area contributed by atoms with E-state index in [9.17, 15) is 9.59 Å². The Bertz CT molecular complexity index is 1180. The number of nitrogens with zero attached hydrogens (tertiary/aromatic N) is 1. The molecule has 6 heteroatoms. The Morgan fingerprint density at radius 1 is 0.821 bits per heavy atom. The summed E-state index contributed by atoms with van der Waals surface area (Å²) in [6.07, 6.45) is 1.76. The van der Waals surface area contributed by atoms with Gasteiger partial charge in [0.25, 0.3) is 11.7 Å². The van der Waals surface area contributed by atoms with E-state index in [-0.39, 0.29) is 0 Å². The number of hydrogen-bond donors (Lipinski definition) is 1. The van der Waals surface area contributed by atoms with Gasteiger partial charge in [0.2, 0.25) is 0 Å². The van der Waals surface area contributed by atoms with Crippen molar-refractivity contribution in [3.05, 3.63) is 94.7 Å². The van der Waals surface area contributed by atoms with Gasteiger partial charge in [0.15, 0.2) is 0 Å². The predicted molar refractivity (Wildman–Crippen MR) is 112 cm³/mol. The van der Waals surface area contributed by atoms with Gasteiger partial charge in [0.05, 0.1) is 0 Å². The number of ketones is 1. The molecule has 28 heavy (non-hydrogen) atoms. The van der Waals surface area contributed by atoms with Gasteiger partial charge in [0, 0.05) is 33.0 Å². The quantitative estimate of drug-likeness (QED) is 0.346. The van der Waals surface area contributed by atoms with Gasteiger partial charge in [-0.15, -0.1) is 0 Å². The molecule has 0 aliphatic rings. The molecule has 0 bridgehead atoms. The Morgan fingerprint density at radius 2 is 1.46 bits per heavy atom. The largest absolute Gasteiger partial charge is 0.319 e. The van der Waals surface area contributed by atoms with E-state index in [1.54, 1.807) is 47.0 Å². The van der Waals surface area contributed by atoms with Crippen LogP contribution < -0.4 is 5.32 Å². The molecular formula is C22H14Cl2N2O2. The zero-order chi connectivity index (χ0) is 19.7. The van der Waals surface area contributed by atoms with Crippen molar-refractivity contribution in [3.63, 3.8) is 0 Å². The van der Waals surface area contributed by atoms with Gasteiger partial charge in [0.1, 0.15) is 5.69 Å². The van der Waals surface area contributed by atoms with Crippen LogP contribution in [-0.4, -0.2) is 16.1 Å². The van der Waals surface area contributed by atoms with Crippen molar-refractivity contribution in [2.75, 3.05) is 5.32 Å². The number of nitrogens with one attached hydrogen (secondary N) is 1. The van der Waals surface area contributed by atoms with E-state index < -0.39 is 11.7 Å². The lowest BCUT2D eigenvalue weighted by Gasteiger charge is -2.08. The highest BCUT2D eigenvalue weighted by Gasteiger charge is 2.24. The number of carbonyl (C=O) groups is 2. The highest BCUT2D eigenvalue weighted by Crippen LogP contribution is 2.29. The van der Waals surface area contributed by atoms with E-state index in [1.165, 1.54) is 0 Å². The minimum absolute atomic E-state index is 0.296. The molecule has 0 fully saturated rings. The van der Waals surface area contributed by atoms with Crippen molar-refractivity contribution in [1.82, 2.24) is 4.40 Å². The minimum Gasteiger partial charge on any atom is -0.319 e. The number of benzene rings is 2. The first-order chi connectivity index (χ1) is 13.5. The van der Waals surface area contributed by atoms with Gasteiger partial charge >= 0.3 is 0 Å². The number of rotatable bonds is 4. The second-order valence-corrected chi connectivity index (χ2v) is 7.07. The predicted octanol–water partition coefficient (Wildman–Crippen LogP) is 5.73. The average molecular weight is 409 g/mol. The topological polar surface area (TPSA) is 50.6 Å². The minimum atomic E-state index is -0.721. The second-order valence-electron chi connectivity index (χ2n) is 6.20. The van der Waals surface area contributed by atoms with Gasteiger partial charge in [-0.2, -0.15) is 0 Å². The van der Waals surface area contributed by atoms with Gasteiger partial charge in [-0.3, -0.25) is 9.59 Å². The summed E-state index contributed by atoms with van der Waals surface area (Å²) in [7, 11) is 0. The van der Waals surface area contributed by atoms with Crippen LogP contribution in [0.15, 0.2) is 79.0 Å². The Labute approximate surface area is 171 Å². The summed E-state index contributed by atoms with van der Waals surface area (Å²) in [5.74, 6) is -1.35. The summed E-state index contributed by atoms with van der Waals surface area (Å²) in [6.45, 7) is 0. The Balaban J connectivity index is 1.76. The van der Waals surface area contributed by atoms with Gasteiger partial charge in [-0.25, -0.2) is 0 Å². The highest BCUT2D eigenvalue weighted by molar-refractivity contribution is 6.47. The molecule has 0 atom stereocenters. The van der Waals surface area contributed by atoms with Crippen LogP contribution in [0, 0.1) is 0 Å². The first kappa shape index (κ1) is 18.3. The smallest absolute Gasteiger partial charge is 0.298 e. The molecule has 0 aliphatic heterocycles. The van der Waals surface area contributed by atoms with Crippen LogP contribution in [0.4, 0.5) is 5.69 Å². The maximum atomic E-state index is 13.1. The van der Waals surface area contributed by atoms with E-state index >= 15 is 0 Å². The maximum absolute atomic E-state index is 13.1. The van der Waals surface area contributed by atoms with Crippen LogP contribution in [0.5, 0.6) is 0 Å². The first-order valence-corrected chi connectivity index (χ1v) is 9.26. The van der Waals surface area contributed by atoms with Crippen LogP contribution in [0.25, 0.3) is 16.6 Å². The molecule has 2 aromatic carbocycles. The van der Waals surface area contributed by atoms with E-state index in [2.05, 4.69) is 5.32 Å². The fourth-order valence-electron chi connectivity index (χ4n) is 3.03. The molecule has 1 amide bonds. The third-order valence-corrected chi connectivity index (χ3v) is 4.86. The number of fused-ring (bicyclic) bond motifs is 1. The number of halogens is 2. The molecule has 2 aromatic heterocycles. The zero-order valence-corrected chi connectivity index (χ0v) is 16.0. The normalized spacial score (nSPS) is 10.8. The van der Waals surface area contributed by atoms with E-state index in [0.29, 0.717) is 27.0 Å². The van der Waals surface area contributed by atoms with Crippen LogP contribution in [0.3, 0.4) is 0 Å². The standard InChI is InChI=1S/C22H14Cl2N2O2/c23-15-6-4-14(5-7-15)19-13-18-3-1-2-12-26(18)20(19)21(27)22(28)25-17-10-8-16(24)9-11-17/h1-13H,(H,25,28). The van der Waals surface area contributed by atoms with Crippen LogP contribution >= 0.6 is 23.2 Å². The molecule has 0 aliphatic carbocycles. The van der Waals surface area contributed by atoms with E-state index in [4.69, 9.17) is 23.2 Å². The van der Waals surface area contributed by atoms with Gasteiger partial charge in [-0.05, 0) is 60.2 Å². The summed E-state index contributed by atoms with van der Waals surface area (Å²) in [5.41, 5.74) is 3.07. The third kappa shape index (κ3) is 3.52. The second kappa shape index (κ2) is 7.50. The summed E-state index contributed by atoms with van der Waals surface area (Å²) in [5, 5.41) is 3.77. The lowest BCUT2D eigenvalue weighted by Crippen LogP contribution is -2.24. The Hall–Kier alpha value is -3.08. The summed E-state index contributed by atoms with van der Waals surface area (Å²) >= 11 is 11.9. The van der Waals surface area contributed by atoms with Crippen molar-refractivity contribution in [2.45, 2.75) is 0 Å². The average Bonchev–Trinajstić information content (AvgIpc) is 3.09. The fourth-order valence-corrected chi connectivity index (χ4v) is 3.29. The maximum Gasteiger partial charge on any atom is 0.298 e. The zero-order valence-electron chi connectivity index (χ0n) is 14.5. The number of Topliss-reactive ketones (excluding diaryl/α,β-unsaturated/α-hetero) is 1. The lowest BCUT2D eigenvalue weighted by atomic mass is 10.0. The molecule has 138 valence electrons. The van der Waals surface area contributed by atoms with Crippen LogP contribution in [-0.2, 0) is 4.79 Å². The molecule has 0 saturated heterocycles. The number of pyridine rings is 1. The monoisotopic (exact) mass is 408 g/mol. The van der Waals surface area contributed by atoms with Crippen molar-refractivity contribution >= 4 is 46.1 Å². The van der Waals surface area contributed by atoms with Crippen LogP contribution in [0.2, 0.25) is 10.0 Å². The van der Waals surface area contributed by atoms with Crippen molar-refractivity contribution in [1.29, 1.82) is 0 Å². The highest BCUT2D eigenvalue weighted by atomic mass is 35.5. The molecule has 4 aromatic rings. The lowest BCUT2D eigenvalue weighted by molar-refractivity contribution is -0.112.